The number of rotatable bonds is 52. The zero-order valence-corrected chi connectivity index (χ0v) is 54.7. The van der Waals surface area contributed by atoms with Crippen molar-refractivity contribution < 1.29 is 123 Å². The molecule has 0 aromatic rings. The lowest BCUT2D eigenvalue weighted by molar-refractivity contribution is -0.0980. The summed E-state index contributed by atoms with van der Waals surface area (Å²) in [4.78, 5) is 106. The highest BCUT2D eigenvalue weighted by Gasteiger charge is 2.38. The van der Waals surface area contributed by atoms with E-state index in [4.69, 9.17) is 52.3 Å². The molecule has 0 aliphatic rings. The van der Waals surface area contributed by atoms with Crippen LogP contribution in [0.15, 0.2) is 0 Å². The highest BCUT2D eigenvalue weighted by Crippen LogP contribution is 2.43. The zero-order valence-electron chi connectivity index (χ0n) is 48.3. The van der Waals surface area contributed by atoms with Crippen molar-refractivity contribution in [1.29, 1.82) is 0 Å². The predicted molar refractivity (Wildman–Crippen MR) is 320 cm³/mol. The van der Waals surface area contributed by atoms with Crippen molar-refractivity contribution in [3.05, 3.63) is 0 Å². The second-order valence-corrected chi connectivity index (χ2v) is 33.6. The summed E-state index contributed by atoms with van der Waals surface area (Å²) in [5.41, 5.74) is 11.3. The van der Waals surface area contributed by atoms with Gasteiger partial charge in [0.1, 0.15) is 38.2 Å². The van der Waals surface area contributed by atoms with E-state index in [9.17, 15) is 82.0 Å². The summed E-state index contributed by atoms with van der Waals surface area (Å²) in [6.45, 7) is 5.37. The molecule has 0 aromatic carbocycles. The van der Waals surface area contributed by atoms with Crippen LogP contribution in [-0.2, 0) is 63.6 Å². The average molecular weight is 1350 g/mol. The quantitative estimate of drug-likeness (QED) is 0.0233. The number of aliphatic hydroxyl groups excluding tert-OH is 2. The number of nitrogens with zero attached hydrogens (tertiary/aromatic N) is 3. The van der Waals surface area contributed by atoms with E-state index in [0.29, 0.717) is 57.0 Å². The third kappa shape index (κ3) is 56.0. The van der Waals surface area contributed by atoms with E-state index < -0.39 is 105 Å². The minimum atomic E-state index is -4.78. The highest BCUT2D eigenvalue weighted by atomic mass is 31.2. The van der Waals surface area contributed by atoms with Crippen molar-refractivity contribution in [3.8, 4) is 0 Å². The molecule has 17 N–H and O–H groups in total. The molecule has 0 heterocycles. The maximum absolute atomic E-state index is 11.8. The maximum atomic E-state index is 11.8. The number of hydrogen-bond donors (Lipinski definition) is 15. The standard InChI is InChI=1S/C23H58N3O20P5Si.C18H43N3O5Si.CH2O.2CH4/c1-43-52(44-2,45-3)13-7-12-46-16-23(27)15-24(17-47(28,29)30)10-5-4-8-22(14-26(20-50(37,38)39)21-51(40,41)42)9-6-11-25(18-48(31,32)33)19-49(34,35)36;1-23-27(24-2,25-3)13-7-12-26-16-18(22)15-21-11-5-4-8-17(14-20)9-6-10-19;1-2;;/h22-23,27H,4-21H2,1-3H3,(H2,28,29,30)(H2,31,32,33)(H2,34,35,36)(H2,37,38,39)(H2,40,41,42);17-18,21-22H,4-16,19-20H2,1-3H3;1H2;2*1H4. The van der Waals surface area contributed by atoms with Gasteiger partial charge in [-0.3, -0.25) is 37.5 Å². The molecular weight excluding hydrogens is 1240 g/mol. The minimum absolute atomic E-state index is 0. The van der Waals surface area contributed by atoms with Crippen LogP contribution >= 0.6 is 38.0 Å². The van der Waals surface area contributed by atoms with Crippen molar-refractivity contribution in [3.63, 3.8) is 0 Å². The molecule has 4 atom stereocenters. The average Bonchev–Trinajstić information content (AvgIpc) is 3.35. The second-order valence-electron chi connectivity index (χ2n) is 19.3. The molecule has 4 unspecified atom stereocenters. The van der Waals surface area contributed by atoms with Crippen molar-refractivity contribution in [2.75, 3.05) is 153 Å². The lowest BCUT2D eigenvalue weighted by Crippen LogP contribution is -2.42. The van der Waals surface area contributed by atoms with E-state index in [1.165, 1.54) is 26.2 Å². The van der Waals surface area contributed by atoms with Crippen LogP contribution in [0.3, 0.4) is 0 Å². The number of nitrogens with two attached hydrogens (primary N) is 2. The summed E-state index contributed by atoms with van der Waals surface area (Å²) in [5, 5.41) is 23.7. The topological polar surface area (TPSA) is 493 Å². The molecule has 0 aromatic heterocycles. The summed E-state index contributed by atoms with van der Waals surface area (Å²) < 4.78 is 101. The predicted octanol–water partition coefficient (Wildman–Crippen LogP) is 1.57. The molecule has 0 fully saturated rings. The molecular formula is C44H111N6O26P5Si2. The number of aliphatic hydroxyl groups is 2. The van der Waals surface area contributed by atoms with E-state index in [-0.39, 0.29) is 73.5 Å². The molecule has 0 spiro atoms. The van der Waals surface area contributed by atoms with Gasteiger partial charge in [-0.05, 0) is 109 Å². The lowest BCUT2D eigenvalue weighted by Gasteiger charge is -2.29. The first kappa shape index (κ1) is 91.9. The summed E-state index contributed by atoms with van der Waals surface area (Å²) in [7, 11) is -19.7. The molecule has 0 saturated carbocycles. The molecule has 0 saturated heterocycles. The van der Waals surface area contributed by atoms with Crippen molar-refractivity contribution in [1.82, 2.24) is 20.0 Å². The Balaban J connectivity index is -0.000000552. The van der Waals surface area contributed by atoms with Crippen molar-refractivity contribution >= 4 is 62.4 Å². The van der Waals surface area contributed by atoms with E-state index in [1.54, 1.807) is 21.3 Å². The van der Waals surface area contributed by atoms with Gasteiger partial charge in [0.05, 0.1) is 25.4 Å². The Morgan fingerprint density at radius 2 is 0.831 bits per heavy atom. The van der Waals surface area contributed by atoms with E-state index in [0.717, 1.165) is 68.0 Å². The van der Waals surface area contributed by atoms with Gasteiger partial charge in [-0.15, -0.1) is 0 Å². The van der Waals surface area contributed by atoms with Crippen LogP contribution in [0.25, 0.3) is 0 Å². The maximum Gasteiger partial charge on any atom is 0.500 e. The number of unbranched alkanes of at least 4 members (excludes halogenated alkanes) is 2. The molecule has 0 rings (SSSR count). The highest BCUT2D eigenvalue weighted by molar-refractivity contribution is 7.53. The fourth-order valence-corrected chi connectivity index (χ4v) is 15.9. The minimum Gasteiger partial charge on any atom is -0.389 e. The van der Waals surface area contributed by atoms with Gasteiger partial charge >= 0.3 is 55.6 Å². The number of carbonyl (C=O) groups excluding carboxylic acids is 1. The smallest absolute Gasteiger partial charge is 0.389 e. The lowest BCUT2D eigenvalue weighted by atomic mass is 9.96. The van der Waals surface area contributed by atoms with Gasteiger partial charge in [0, 0.05) is 87.6 Å². The second kappa shape index (κ2) is 50.9. The summed E-state index contributed by atoms with van der Waals surface area (Å²) in [5.74, 6) is 0.0408. The van der Waals surface area contributed by atoms with Gasteiger partial charge in [-0.25, -0.2) is 0 Å². The Morgan fingerprint density at radius 1 is 0.470 bits per heavy atom. The zero-order chi connectivity index (χ0) is 62.8. The van der Waals surface area contributed by atoms with Crippen LogP contribution < -0.4 is 16.8 Å². The monoisotopic (exact) mass is 1350 g/mol. The fourth-order valence-electron chi connectivity index (χ4n) is 8.41. The molecule has 32 nitrogen and oxygen atoms in total. The van der Waals surface area contributed by atoms with E-state index in [2.05, 4.69) is 5.32 Å². The molecule has 0 radical (unpaired) electrons. The summed E-state index contributed by atoms with van der Waals surface area (Å²) in [6.07, 6.45) is 1.76. The molecule has 83 heavy (non-hydrogen) atoms. The first-order chi connectivity index (χ1) is 37.7. The Kier molecular flexibility index (Phi) is 56.4. The molecule has 39 heteroatoms. The van der Waals surface area contributed by atoms with Gasteiger partial charge in [-0.2, -0.15) is 0 Å². The number of nitrogens with one attached hydrogen (secondary N) is 1. The number of ether oxygens (including phenoxy) is 2. The summed E-state index contributed by atoms with van der Waals surface area (Å²) in [6, 6.07) is 1.15. The van der Waals surface area contributed by atoms with Crippen molar-refractivity contribution in [2.45, 2.75) is 116 Å². The SMILES string of the molecule is C.C.C=O.CO[Si](CCCOCC(O)CN(CCCCC(CCCN(CP(=O)(O)O)CP(=O)(O)O)CN(CP(=O)(O)O)CP(=O)(O)O)CP(=O)(O)O)(OC)OC.CO[Si](CCCOCC(O)CNCCCCC(CN)CCCN)(OC)OC. The third-order valence-corrected chi connectivity index (χ3v) is 21.6. The van der Waals surface area contributed by atoms with Crippen LogP contribution in [-0.4, -0.2) is 263 Å². The van der Waals surface area contributed by atoms with Gasteiger partial charge < -0.3 is 117 Å². The van der Waals surface area contributed by atoms with Crippen LogP contribution in [0.2, 0.25) is 12.1 Å². The summed E-state index contributed by atoms with van der Waals surface area (Å²) >= 11 is 0. The Morgan fingerprint density at radius 3 is 1.24 bits per heavy atom. The Labute approximate surface area is 495 Å². The van der Waals surface area contributed by atoms with Gasteiger partial charge in [-0.1, -0.05) is 27.7 Å². The van der Waals surface area contributed by atoms with E-state index >= 15 is 0 Å². The molecule has 0 aliphatic heterocycles. The Hall–Kier alpha value is 0.214. The van der Waals surface area contributed by atoms with Crippen LogP contribution in [0.1, 0.15) is 91.9 Å². The van der Waals surface area contributed by atoms with Gasteiger partial charge in [0.2, 0.25) is 0 Å². The first-order valence-electron chi connectivity index (χ1n) is 26.3. The fraction of sp³-hybridized carbons (Fsp3) is 0.977. The van der Waals surface area contributed by atoms with Crippen LogP contribution in [0.5, 0.6) is 0 Å². The normalized spacial score (nSPS) is 14.3. The molecule has 506 valence electrons. The Bertz CT molecular complexity index is 1730. The van der Waals surface area contributed by atoms with E-state index in [1.807, 2.05) is 6.79 Å². The number of hydrogen-bond acceptors (Lipinski definition) is 22. The molecule has 0 amide bonds. The van der Waals surface area contributed by atoms with Crippen LogP contribution in [0, 0.1) is 11.8 Å². The van der Waals surface area contributed by atoms with Crippen LogP contribution in [0.4, 0.5) is 0 Å². The largest absolute Gasteiger partial charge is 0.500 e. The number of carbonyl (C=O) groups is 1. The molecule has 0 bridgehead atoms. The van der Waals surface area contributed by atoms with Gasteiger partial charge in [0.15, 0.2) is 0 Å². The van der Waals surface area contributed by atoms with Gasteiger partial charge in [0.25, 0.3) is 0 Å². The third-order valence-electron chi connectivity index (χ3n) is 12.1. The first-order valence-corrected chi connectivity index (χ1v) is 39.1. The molecule has 0 aliphatic carbocycles. The van der Waals surface area contributed by atoms with Crippen molar-refractivity contribution in [2.24, 2.45) is 23.3 Å².